The predicted molar refractivity (Wildman–Crippen MR) is 97.9 cm³/mol. The molecule has 0 aliphatic heterocycles. The molecule has 1 atom stereocenters. The predicted octanol–water partition coefficient (Wildman–Crippen LogP) is 4.48. The first-order valence-corrected chi connectivity index (χ1v) is 8.58. The molecule has 0 spiro atoms. The molecule has 0 fully saturated rings. The molecule has 0 saturated heterocycles. The Morgan fingerprint density at radius 1 is 1.12 bits per heavy atom. The van der Waals surface area contributed by atoms with Crippen LogP contribution in [0.25, 0.3) is 0 Å². The molecule has 0 radical (unpaired) electrons. The van der Waals surface area contributed by atoms with Crippen LogP contribution in [-0.2, 0) is 0 Å². The second-order valence-corrected chi connectivity index (χ2v) is 6.62. The van der Waals surface area contributed by atoms with Crippen LogP contribution in [0.1, 0.15) is 32.4 Å². The smallest absolute Gasteiger partial charge is 0.270 e. The molecule has 0 bridgehead atoms. The van der Waals surface area contributed by atoms with Gasteiger partial charge in [0.2, 0.25) is 0 Å². The Hall–Kier alpha value is -2.99. The highest BCUT2D eigenvalue weighted by Gasteiger charge is 2.20. The average Bonchev–Trinajstić information content (AvgIpc) is 3.15. The van der Waals surface area contributed by atoms with Crippen molar-refractivity contribution in [2.75, 3.05) is 0 Å². The minimum Gasteiger partial charge on any atom is -0.340 e. The zero-order valence-electron chi connectivity index (χ0n) is 13.5. The van der Waals surface area contributed by atoms with Crippen LogP contribution < -0.4 is 5.32 Å². The summed E-state index contributed by atoms with van der Waals surface area (Å²) >= 11 is 1.55. The summed E-state index contributed by atoms with van der Waals surface area (Å²) < 4.78 is 0. The van der Waals surface area contributed by atoms with Crippen molar-refractivity contribution in [2.45, 2.75) is 13.0 Å². The van der Waals surface area contributed by atoms with E-state index in [0.717, 1.165) is 16.0 Å². The van der Waals surface area contributed by atoms with Crippen LogP contribution in [0, 0.1) is 17.0 Å². The maximum atomic E-state index is 12.6. The monoisotopic (exact) mass is 352 g/mol. The number of aryl methyl sites for hydroxylation is 1. The fraction of sp³-hybridized carbons (Fsp3) is 0.105. The molecule has 126 valence electrons. The molecule has 0 unspecified atom stereocenters. The number of carbonyl (C=O) groups is 1. The highest BCUT2D eigenvalue weighted by Crippen LogP contribution is 2.27. The summed E-state index contributed by atoms with van der Waals surface area (Å²) in [5.74, 6) is -0.345. The van der Waals surface area contributed by atoms with Gasteiger partial charge in [-0.15, -0.1) is 11.3 Å². The topological polar surface area (TPSA) is 72.2 Å². The summed E-state index contributed by atoms with van der Waals surface area (Å²) in [6, 6.07) is 17.3. The number of nitro benzene ring substituents is 1. The van der Waals surface area contributed by atoms with E-state index < -0.39 is 4.92 Å². The Labute approximate surface area is 149 Å². The van der Waals surface area contributed by atoms with E-state index in [1.807, 2.05) is 48.7 Å². The number of hydrogen-bond acceptors (Lipinski definition) is 4. The van der Waals surface area contributed by atoms with E-state index in [9.17, 15) is 14.9 Å². The molecule has 0 aliphatic rings. The number of nitrogens with one attached hydrogen (secondary N) is 1. The zero-order chi connectivity index (χ0) is 17.8. The Morgan fingerprint density at radius 3 is 2.52 bits per heavy atom. The van der Waals surface area contributed by atoms with Gasteiger partial charge in [0, 0.05) is 22.6 Å². The molecule has 3 aromatic rings. The molecular weight excluding hydrogens is 336 g/mol. The van der Waals surface area contributed by atoms with Gasteiger partial charge in [0.05, 0.1) is 11.0 Å². The second-order valence-electron chi connectivity index (χ2n) is 5.64. The van der Waals surface area contributed by atoms with Gasteiger partial charge in [-0.3, -0.25) is 14.9 Å². The van der Waals surface area contributed by atoms with E-state index in [1.54, 1.807) is 17.4 Å². The summed E-state index contributed by atoms with van der Waals surface area (Å²) in [5.41, 5.74) is 2.27. The van der Waals surface area contributed by atoms with Crippen LogP contribution in [0.4, 0.5) is 5.69 Å². The highest BCUT2D eigenvalue weighted by molar-refractivity contribution is 7.10. The van der Waals surface area contributed by atoms with Crippen molar-refractivity contribution in [1.82, 2.24) is 5.32 Å². The normalized spacial score (nSPS) is 11.7. The van der Waals surface area contributed by atoms with E-state index in [-0.39, 0.29) is 23.2 Å². The van der Waals surface area contributed by atoms with Gasteiger partial charge in [-0.2, -0.15) is 0 Å². The molecule has 6 heteroatoms. The lowest BCUT2D eigenvalue weighted by atomic mass is 10.0. The standard InChI is InChI=1S/C19H16N2O3S/c1-13-7-9-14(10-8-13)18(17-6-3-11-25-17)20-19(22)15-4-2-5-16(12-15)21(23)24/h2-12,18H,1H3,(H,20,22)/t18-/m1/s1. The minimum absolute atomic E-state index is 0.101. The lowest BCUT2D eigenvalue weighted by Gasteiger charge is -2.18. The van der Waals surface area contributed by atoms with Gasteiger partial charge < -0.3 is 5.32 Å². The Balaban J connectivity index is 1.90. The third-order valence-corrected chi connectivity index (χ3v) is 4.77. The fourth-order valence-electron chi connectivity index (χ4n) is 2.51. The summed E-state index contributed by atoms with van der Waals surface area (Å²) in [5, 5.41) is 15.9. The van der Waals surface area contributed by atoms with Gasteiger partial charge in [-0.05, 0) is 30.0 Å². The van der Waals surface area contributed by atoms with E-state index >= 15 is 0 Å². The van der Waals surface area contributed by atoms with Crippen molar-refractivity contribution in [1.29, 1.82) is 0 Å². The molecule has 1 heterocycles. The minimum atomic E-state index is -0.506. The van der Waals surface area contributed by atoms with Crippen molar-refractivity contribution >= 4 is 22.9 Å². The van der Waals surface area contributed by atoms with E-state index in [4.69, 9.17) is 0 Å². The fourth-order valence-corrected chi connectivity index (χ4v) is 3.31. The number of benzene rings is 2. The first-order chi connectivity index (χ1) is 12.0. The van der Waals surface area contributed by atoms with Crippen LogP contribution in [0.3, 0.4) is 0 Å². The first kappa shape index (κ1) is 16.9. The first-order valence-electron chi connectivity index (χ1n) is 7.70. The number of thiophene rings is 1. The van der Waals surface area contributed by atoms with Crippen molar-refractivity contribution in [2.24, 2.45) is 0 Å². The van der Waals surface area contributed by atoms with Crippen LogP contribution >= 0.6 is 11.3 Å². The van der Waals surface area contributed by atoms with Gasteiger partial charge in [0.25, 0.3) is 11.6 Å². The average molecular weight is 352 g/mol. The van der Waals surface area contributed by atoms with Gasteiger partial charge >= 0.3 is 0 Å². The number of nitro groups is 1. The van der Waals surface area contributed by atoms with Crippen molar-refractivity contribution < 1.29 is 9.72 Å². The van der Waals surface area contributed by atoms with E-state index in [2.05, 4.69) is 5.32 Å². The molecule has 25 heavy (non-hydrogen) atoms. The van der Waals surface area contributed by atoms with E-state index in [0.29, 0.717) is 0 Å². The number of carbonyl (C=O) groups excluding carboxylic acids is 1. The molecule has 1 aromatic heterocycles. The summed E-state index contributed by atoms with van der Waals surface area (Å²) in [4.78, 5) is 24.0. The van der Waals surface area contributed by atoms with Crippen LogP contribution in [0.15, 0.2) is 66.0 Å². The maximum Gasteiger partial charge on any atom is 0.270 e. The SMILES string of the molecule is Cc1ccc([C@@H](NC(=O)c2cccc([N+](=O)[O-])c2)c2cccs2)cc1. The number of non-ortho nitro benzene ring substituents is 1. The lowest BCUT2D eigenvalue weighted by molar-refractivity contribution is -0.384. The maximum absolute atomic E-state index is 12.6. The molecule has 0 saturated carbocycles. The molecule has 3 rings (SSSR count). The number of rotatable bonds is 5. The molecule has 1 N–H and O–H groups in total. The molecular formula is C19H16N2O3S. The van der Waals surface area contributed by atoms with Crippen LogP contribution in [-0.4, -0.2) is 10.8 Å². The molecule has 2 aromatic carbocycles. The van der Waals surface area contributed by atoms with Gasteiger partial charge in [-0.25, -0.2) is 0 Å². The van der Waals surface area contributed by atoms with Crippen LogP contribution in [0.2, 0.25) is 0 Å². The molecule has 1 amide bonds. The van der Waals surface area contributed by atoms with E-state index in [1.165, 1.54) is 18.2 Å². The summed E-state index contributed by atoms with van der Waals surface area (Å²) in [6.45, 7) is 2.01. The summed E-state index contributed by atoms with van der Waals surface area (Å²) in [6.07, 6.45) is 0. The second kappa shape index (κ2) is 7.27. The van der Waals surface area contributed by atoms with Gasteiger partial charge in [0.15, 0.2) is 0 Å². The van der Waals surface area contributed by atoms with Crippen molar-refractivity contribution in [3.05, 3.63) is 97.7 Å². The Morgan fingerprint density at radius 2 is 1.88 bits per heavy atom. The quantitative estimate of drug-likeness (QED) is 0.543. The van der Waals surface area contributed by atoms with Gasteiger partial charge in [-0.1, -0.05) is 42.0 Å². The van der Waals surface area contributed by atoms with Crippen molar-refractivity contribution in [3.63, 3.8) is 0 Å². The summed E-state index contributed by atoms with van der Waals surface area (Å²) in [7, 11) is 0. The number of hydrogen-bond donors (Lipinski definition) is 1. The molecule has 0 aliphatic carbocycles. The third kappa shape index (κ3) is 3.92. The molecule has 5 nitrogen and oxygen atoms in total. The largest absolute Gasteiger partial charge is 0.340 e. The number of nitrogens with zero attached hydrogens (tertiary/aromatic N) is 1. The lowest BCUT2D eigenvalue weighted by Crippen LogP contribution is -2.28. The zero-order valence-corrected chi connectivity index (χ0v) is 14.3. The Kier molecular flexibility index (Phi) is 4.90. The third-order valence-electron chi connectivity index (χ3n) is 3.83. The highest BCUT2D eigenvalue weighted by atomic mass is 32.1. The van der Waals surface area contributed by atoms with Gasteiger partial charge in [0.1, 0.15) is 0 Å². The van der Waals surface area contributed by atoms with Crippen molar-refractivity contribution in [3.8, 4) is 0 Å². The van der Waals surface area contributed by atoms with Crippen LogP contribution in [0.5, 0.6) is 0 Å². The number of amides is 1. The Bertz CT molecular complexity index is 889.